The maximum Gasteiger partial charge on any atom is 0.138 e. The van der Waals surface area contributed by atoms with Crippen molar-refractivity contribution in [1.82, 2.24) is 0 Å². The van der Waals surface area contributed by atoms with Crippen molar-refractivity contribution in [2.24, 2.45) is 0 Å². The molecule has 1 aromatic rings. The summed E-state index contributed by atoms with van der Waals surface area (Å²) < 4.78 is 5.48. The fourth-order valence-corrected chi connectivity index (χ4v) is 1.47. The molecule has 1 rings (SSSR count). The van der Waals surface area contributed by atoms with Gasteiger partial charge in [0.15, 0.2) is 0 Å². The summed E-state index contributed by atoms with van der Waals surface area (Å²) in [6.45, 7) is 2.79. The van der Waals surface area contributed by atoms with Gasteiger partial charge in [0, 0.05) is 5.33 Å². The van der Waals surface area contributed by atoms with Crippen molar-refractivity contribution >= 4 is 27.5 Å². The molecule has 0 saturated carbocycles. The quantitative estimate of drug-likeness (QED) is 0.746. The van der Waals surface area contributed by atoms with E-state index >= 15 is 0 Å². The first-order valence-electron chi connectivity index (χ1n) is 4.25. The molecule has 1 aromatic carbocycles. The van der Waals surface area contributed by atoms with Crippen LogP contribution in [0.1, 0.15) is 18.9 Å². The van der Waals surface area contributed by atoms with Gasteiger partial charge in [0.25, 0.3) is 0 Å². The monoisotopic (exact) mass is 262 g/mol. The zero-order chi connectivity index (χ0) is 9.68. The third-order valence-electron chi connectivity index (χ3n) is 1.61. The van der Waals surface area contributed by atoms with Crippen LogP contribution < -0.4 is 4.74 Å². The summed E-state index contributed by atoms with van der Waals surface area (Å²) in [6, 6.07) is 5.81. The Morgan fingerprint density at radius 2 is 2.23 bits per heavy atom. The number of hydrogen-bond acceptors (Lipinski definition) is 1. The minimum atomic E-state index is 0.679. The number of halogens is 2. The zero-order valence-corrected chi connectivity index (χ0v) is 9.86. The van der Waals surface area contributed by atoms with Crippen molar-refractivity contribution in [3.05, 3.63) is 28.8 Å². The van der Waals surface area contributed by atoms with Gasteiger partial charge in [-0.2, -0.15) is 0 Å². The molecule has 0 atom stereocenters. The summed E-state index contributed by atoms with van der Waals surface area (Å²) in [6.07, 6.45) is 0.995. The minimum absolute atomic E-state index is 0.679. The SMILES string of the molecule is CCCOc1cc(CBr)ccc1Cl. The molecule has 0 unspecified atom stereocenters. The van der Waals surface area contributed by atoms with Crippen molar-refractivity contribution in [3.63, 3.8) is 0 Å². The molecule has 0 heterocycles. The Kier molecular flexibility index (Phi) is 4.60. The number of alkyl halides is 1. The molecule has 0 saturated heterocycles. The summed E-state index contributed by atoms with van der Waals surface area (Å²) in [4.78, 5) is 0. The van der Waals surface area contributed by atoms with Gasteiger partial charge in [-0.15, -0.1) is 0 Å². The fourth-order valence-electron chi connectivity index (χ4n) is 0.954. The van der Waals surface area contributed by atoms with Crippen molar-refractivity contribution in [2.75, 3.05) is 6.61 Å². The van der Waals surface area contributed by atoms with Crippen molar-refractivity contribution in [3.8, 4) is 5.75 Å². The van der Waals surface area contributed by atoms with Crippen molar-refractivity contribution in [1.29, 1.82) is 0 Å². The van der Waals surface area contributed by atoms with Gasteiger partial charge in [0.2, 0.25) is 0 Å². The first-order chi connectivity index (χ1) is 6.27. The molecule has 3 heteroatoms. The Bertz CT molecular complexity index is 276. The molecule has 0 N–H and O–H groups in total. The van der Waals surface area contributed by atoms with Crippen LogP contribution in [0.4, 0.5) is 0 Å². The third-order valence-corrected chi connectivity index (χ3v) is 2.57. The average molecular weight is 264 g/mol. The van der Waals surface area contributed by atoms with Crippen molar-refractivity contribution < 1.29 is 4.74 Å². The molecular formula is C10H12BrClO. The van der Waals surface area contributed by atoms with E-state index in [1.54, 1.807) is 0 Å². The van der Waals surface area contributed by atoms with Gasteiger partial charge in [0.1, 0.15) is 5.75 Å². The highest BCUT2D eigenvalue weighted by molar-refractivity contribution is 9.08. The maximum absolute atomic E-state index is 5.95. The van der Waals surface area contributed by atoms with Crippen molar-refractivity contribution in [2.45, 2.75) is 18.7 Å². The molecule has 0 amide bonds. The van der Waals surface area contributed by atoms with E-state index < -0.39 is 0 Å². The number of benzene rings is 1. The van der Waals surface area contributed by atoms with Crippen LogP contribution in [0.2, 0.25) is 5.02 Å². The Hall–Kier alpha value is -0.210. The van der Waals surface area contributed by atoms with Crippen LogP contribution in [0.5, 0.6) is 5.75 Å². The highest BCUT2D eigenvalue weighted by atomic mass is 79.9. The zero-order valence-electron chi connectivity index (χ0n) is 7.52. The van der Waals surface area contributed by atoms with Gasteiger partial charge >= 0.3 is 0 Å². The van der Waals surface area contributed by atoms with Gasteiger partial charge in [-0.05, 0) is 24.1 Å². The Balaban J connectivity index is 2.78. The first-order valence-corrected chi connectivity index (χ1v) is 5.75. The van der Waals surface area contributed by atoms with Crippen LogP contribution in [0.25, 0.3) is 0 Å². The van der Waals surface area contributed by atoms with Crippen LogP contribution in [0, 0.1) is 0 Å². The normalized spacial score (nSPS) is 10.1. The third kappa shape index (κ3) is 3.20. The number of ether oxygens (including phenoxy) is 1. The molecule has 72 valence electrons. The second kappa shape index (κ2) is 5.51. The van der Waals surface area contributed by atoms with Gasteiger partial charge in [-0.25, -0.2) is 0 Å². The van der Waals surface area contributed by atoms with Gasteiger partial charge in [-0.3, -0.25) is 0 Å². The lowest BCUT2D eigenvalue weighted by atomic mass is 10.2. The molecule has 0 aliphatic heterocycles. The summed E-state index contributed by atoms with van der Waals surface area (Å²) in [5.74, 6) is 0.778. The minimum Gasteiger partial charge on any atom is -0.492 e. The van der Waals surface area contributed by atoms with Crippen LogP contribution in [0.3, 0.4) is 0 Å². The van der Waals surface area contributed by atoms with E-state index in [-0.39, 0.29) is 0 Å². The first kappa shape index (κ1) is 10.9. The maximum atomic E-state index is 5.95. The average Bonchev–Trinajstić information content (AvgIpc) is 2.17. The Morgan fingerprint density at radius 1 is 1.46 bits per heavy atom. The highest BCUT2D eigenvalue weighted by Crippen LogP contribution is 2.26. The van der Waals surface area contributed by atoms with E-state index in [0.29, 0.717) is 11.6 Å². The number of hydrogen-bond donors (Lipinski definition) is 0. The topological polar surface area (TPSA) is 9.23 Å². The lowest BCUT2D eigenvalue weighted by Gasteiger charge is -2.07. The Morgan fingerprint density at radius 3 is 2.85 bits per heavy atom. The van der Waals surface area contributed by atoms with Crippen LogP contribution in [-0.4, -0.2) is 6.61 Å². The smallest absolute Gasteiger partial charge is 0.138 e. The molecule has 0 radical (unpaired) electrons. The summed E-state index contributed by atoms with van der Waals surface area (Å²) in [5.41, 5.74) is 1.18. The molecule has 1 nitrogen and oxygen atoms in total. The molecule has 0 spiro atoms. The van der Waals surface area contributed by atoms with E-state index in [9.17, 15) is 0 Å². The predicted molar refractivity (Wildman–Crippen MR) is 59.9 cm³/mol. The lowest BCUT2D eigenvalue weighted by Crippen LogP contribution is -1.96. The molecule has 0 fully saturated rings. The van der Waals surface area contributed by atoms with Crippen LogP contribution >= 0.6 is 27.5 Å². The van der Waals surface area contributed by atoms with E-state index in [4.69, 9.17) is 16.3 Å². The second-order valence-electron chi connectivity index (χ2n) is 2.75. The molecule has 0 aromatic heterocycles. The van der Waals surface area contributed by atoms with E-state index in [1.165, 1.54) is 5.56 Å². The molecule has 13 heavy (non-hydrogen) atoms. The molecular weight excluding hydrogens is 251 g/mol. The fraction of sp³-hybridized carbons (Fsp3) is 0.400. The van der Waals surface area contributed by atoms with Crippen LogP contribution in [-0.2, 0) is 5.33 Å². The van der Waals surface area contributed by atoms with Crippen LogP contribution in [0.15, 0.2) is 18.2 Å². The Labute approximate surface area is 92.2 Å². The van der Waals surface area contributed by atoms with E-state index in [2.05, 4.69) is 22.9 Å². The predicted octanol–water partition coefficient (Wildman–Crippen LogP) is 4.02. The second-order valence-corrected chi connectivity index (χ2v) is 3.71. The van der Waals surface area contributed by atoms with Gasteiger partial charge < -0.3 is 4.74 Å². The number of rotatable bonds is 4. The highest BCUT2D eigenvalue weighted by Gasteiger charge is 2.01. The van der Waals surface area contributed by atoms with E-state index in [0.717, 1.165) is 17.5 Å². The van der Waals surface area contributed by atoms with Gasteiger partial charge in [0.05, 0.1) is 11.6 Å². The largest absolute Gasteiger partial charge is 0.492 e. The van der Waals surface area contributed by atoms with Gasteiger partial charge in [-0.1, -0.05) is 40.5 Å². The molecule has 0 aliphatic carbocycles. The summed E-state index contributed by atoms with van der Waals surface area (Å²) in [5, 5.41) is 1.50. The molecule has 0 aliphatic rings. The summed E-state index contributed by atoms with van der Waals surface area (Å²) >= 11 is 9.33. The lowest BCUT2D eigenvalue weighted by molar-refractivity contribution is 0.317. The summed E-state index contributed by atoms with van der Waals surface area (Å²) in [7, 11) is 0. The standard InChI is InChI=1S/C10H12BrClO/c1-2-5-13-10-6-8(7-11)3-4-9(10)12/h3-4,6H,2,5,7H2,1H3. The molecule has 0 bridgehead atoms. The van der Waals surface area contributed by atoms with E-state index in [1.807, 2.05) is 18.2 Å².